The average molecular weight is 434 g/mol. The number of aliphatic imine (C=N–C) groups is 1. The number of nitrogens with zero attached hydrogens (tertiary/aromatic N) is 5. The Morgan fingerprint density at radius 2 is 1.78 bits per heavy atom. The number of anilines is 1. The van der Waals surface area contributed by atoms with Crippen LogP contribution in [0.4, 0.5) is 14.5 Å². The third kappa shape index (κ3) is 3.90. The van der Waals surface area contributed by atoms with Gasteiger partial charge in [-0.05, 0) is 73.7 Å². The number of hydrazine groups is 1. The Kier molecular flexibility index (Phi) is 5.25. The molecule has 0 atom stereocenters. The highest BCUT2D eigenvalue weighted by atomic mass is 19.1. The van der Waals surface area contributed by atoms with E-state index in [1.165, 1.54) is 12.1 Å². The first-order chi connectivity index (χ1) is 15.5. The van der Waals surface area contributed by atoms with Gasteiger partial charge < -0.3 is 4.57 Å². The average Bonchev–Trinajstić information content (AvgIpc) is 3.19. The van der Waals surface area contributed by atoms with Gasteiger partial charge in [-0.2, -0.15) is 0 Å². The van der Waals surface area contributed by atoms with Gasteiger partial charge >= 0.3 is 0 Å². The molecule has 3 heterocycles. The quantitative estimate of drug-likeness (QED) is 0.578. The number of amidine groups is 1. The van der Waals surface area contributed by atoms with Gasteiger partial charge in [0.15, 0.2) is 0 Å². The van der Waals surface area contributed by atoms with E-state index in [1.807, 2.05) is 29.0 Å². The second-order valence-electron chi connectivity index (χ2n) is 8.32. The first-order valence-corrected chi connectivity index (χ1v) is 10.9. The van der Waals surface area contributed by atoms with Crippen LogP contribution in [0.15, 0.2) is 59.5 Å². The van der Waals surface area contributed by atoms with E-state index < -0.39 is 11.6 Å². The third-order valence-corrected chi connectivity index (χ3v) is 5.91. The molecule has 5 rings (SSSR count). The summed E-state index contributed by atoms with van der Waals surface area (Å²) in [5.74, 6) is -0.250. The third-order valence-electron chi connectivity index (χ3n) is 5.91. The lowest BCUT2D eigenvalue weighted by Crippen LogP contribution is -2.53. The van der Waals surface area contributed by atoms with E-state index >= 15 is 0 Å². The number of imidazole rings is 1. The molecule has 0 bridgehead atoms. The van der Waals surface area contributed by atoms with Crippen molar-refractivity contribution in [3.05, 3.63) is 83.0 Å². The van der Waals surface area contributed by atoms with E-state index in [9.17, 15) is 8.78 Å². The zero-order chi connectivity index (χ0) is 22.2. The monoisotopic (exact) mass is 433 g/mol. The van der Waals surface area contributed by atoms with Gasteiger partial charge in [-0.1, -0.05) is 6.07 Å². The predicted octanol–water partition coefficient (Wildman–Crippen LogP) is 5.08. The summed E-state index contributed by atoms with van der Waals surface area (Å²) in [5, 5.41) is 4.00. The summed E-state index contributed by atoms with van der Waals surface area (Å²) in [5.41, 5.74) is 6.02. The summed E-state index contributed by atoms with van der Waals surface area (Å²) >= 11 is 0. The number of piperidine rings is 1. The van der Waals surface area contributed by atoms with Crippen LogP contribution >= 0.6 is 0 Å². The van der Waals surface area contributed by atoms with Gasteiger partial charge in [0.1, 0.15) is 17.5 Å². The van der Waals surface area contributed by atoms with E-state index in [0.717, 1.165) is 59.4 Å². The number of halogens is 2. The smallest absolute Gasteiger partial charge is 0.145 e. The van der Waals surface area contributed by atoms with E-state index in [-0.39, 0.29) is 0 Å². The van der Waals surface area contributed by atoms with E-state index in [1.54, 1.807) is 0 Å². The van der Waals surface area contributed by atoms with Crippen LogP contribution in [-0.2, 0) is 0 Å². The number of benzene rings is 2. The van der Waals surface area contributed by atoms with Gasteiger partial charge in [-0.3, -0.25) is 15.0 Å². The fourth-order valence-electron chi connectivity index (χ4n) is 4.50. The van der Waals surface area contributed by atoms with Gasteiger partial charge in [0.25, 0.3) is 0 Å². The Balaban J connectivity index is 1.44. The summed E-state index contributed by atoms with van der Waals surface area (Å²) in [6, 6.07) is 10.0. The van der Waals surface area contributed by atoms with Crippen molar-refractivity contribution in [1.29, 1.82) is 0 Å². The lowest BCUT2D eigenvalue weighted by Gasteiger charge is -2.44. The van der Waals surface area contributed by atoms with Crippen LogP contribution in [0.25, 0.3) is 11.8 Å². The molecular weight excluding hydrogens is 408 g/mol. The van der Waals surface area contributed by atoms with Gasteiger partial charge in [-0.15, -0.1) is 0 Å². The molecule has 0 spiro atoms. The number of aryl methyl sites for hydroxylation is 2. The molecule has 2 aliphatic rings. The Hall–Kier alpha value is -3.48. The Labute approximate surface area is 186 Å². The lowest BCUT2D eigenvalue weighted by molar-refractivity contribution is 0.347. The van der Waals surface area contributed by atoms with Gasteiger partial charge in [0.05, 0.1) is 30.8 Å². The maximum atomic E-state index is 13.8. The highest BCUT2D eigenvalue weighted by Crippen LogP contribution is 2.29. The van der Waals surface area contributed by atoms with Crippen LogP contribution in [0, 0.1) is 25.5 Å². The highest BCUT2D eigenvalue weighted by Gasteiger charge is 2.29. The summed E-state index contributed by atoms with van der Waals surface area (Å²) in [6.07, 6.45) is 7.89. The van der Waals surface area contributed by atoms with Crippen molar-refractivity contribution in [2.24, 2.45) is 4.99 Å². The normalized spacial score (nSPS) is 17.5. The van der Waals surface area contributed by atoms with Crippen LogP contribution in [0.1, 0.15) is 29.7 Å². The minimum absolute atomic E-state index is 0.520. The van der Waals surface area contributed by atoms with E-state index in [2.05, 4.69) is 41.2 Å². The minimum Gasteiger partial charge on any atom is -0.306 e. The molecule has 1 fully saturated rings. The highest BCUT2D eigenvalue weighted by molar-refractivity contribution is 6.04. The SMILES string of the molecule is Cc1cn(-c2ccc(/C=C3\CCCN4C3=NCCN4c3cc(F)cc(F)c3)cc2C)cn1. The Bertz CT molecular complexity index is 1210. The first kappa shape index (κ1) is 20.4. The van der Waals surface area contributed by atoms with Gasteiger partial charge in [-0.25, -0.2) is 13.8 Å². The molecule has 5 nitrogen and oxygen atoms in total. The van der Waals surface area contributed by atoms with E-state index in [0.29, 0.717) is 18.8 Å². The number of rotatable bonds is 3. The molecule has 0 amide bonds. The topological polar surface area (TPSA) is 36.7 Å². The number of hydrogen-bond acceptors (Lipinski definition) is 4. The summed E-state index contributed by atoms with van der Waals surface area (Å²) in [6.45, 7) is 6.02. The molecule has 3 aromatic rings. The molecule has 2 aromatic carbocycles. The Morgan fingerprint density at radius 1 is 0.969 bits per heavy atom. The molecule has 0 unspecified atom stereocenters. The van der Waals surface area contributed by atoms with Crippen molar-refractivity contribution < 1.29 is 8.78 Å². The molecule has 32 heavy (non-hydrogen) atoms. The molecule has 0 saturated carbocycles. The van der Waals surface area contributed by atoms with Crippen molar-refractivity contribution in [3.8, 4) is 5.69 Å². The molecule has 2 aliphatic heterocycles. The fourth-order valence-corrected chi connectivity index (χ4v) is 4.50. The first-order valence-electron chi connectivity index (χ1n) is 10.9. The second-order valence-corrected chi connectivity index (χ2v) is 8.32. The summed E-state index contributed by atoms with van der Waals surface area (Å²) < 4.78 is 29.7. The molecule has 1 aromatic heterocycles. The second kappa shape index (κ2) is 8.22. The largest absolute Gasteiger partial charge is 0.306 e. The maximum Gasteiger partial charge on any atom is 0.145 e. The molecule has 0 aliphatic carbocycles. The molecular formula is C25H25F2N5. The molecule has 7 heteroatoms. The van der Waals surface area contributed by atoms with Crippen molar-refractivity contribution in [2.45, 2.75) is 26.7 Å². The fraction of sp³-hybridized carbons (Fsp3) is 0.280. The molecule has 1 saturated heterocycles. The van der Waals surface area contributed by atoms with Crippen LogP contribution in [0.3, 0.4) is 0 Å². The zero-order valence-corrected chi connectivity index (χ0v) is 18.2. The van der Waals surface area contributed by atoms with Crippen LogP contribution in [0.5, 0.6) is 0 Å². The maximum absolute atomic E-state index is 13.8. The van der Waals surface area contributed by atoms with Gasteiger partial charge in [0, 0.05) is 24.5 Å². The van der Waals surface area contributed by atoms with Crippen LogP contribution < -0.4 is 5.01 Å². The lowest BCUT2D eigenvalue weighted by atomic mass is 9.99. The van der Waals surface area contributed by atoms with Crippen LogP contribution in [0.2, 0.25) is 0 Å². The molecule has 0 N–H and O–H groups in total. The minimum atomic E-state index is -0.569. The van der Waals surface area contributed by atoms with Crippen molar-refractivity contribution in [1.82, 2.24) is 14.6 Å². The summed E-state index contributed by atoms with van der Waals surface area (Å²) in [7, 11) is 0. The number of aromatic nitrogens is 2. The van der Waals surface area contributed by atoms with Crippen molar-refractivity contribution in [2.75, 3.05) is 24.6 Å². The summed E-state index contributed by atoms with van der Waals surface area (Å²) in [4.78, 5) is 9.09. The number of hydrogen-bond donors (Lipinski definition) is 0. The zero-order valence-electron chi connectivity index (χ0n) is 18.2. The van der Waals surface area contributed by atoms with Crippen LogP contribution in [-0.4, -0.2) is 40.0 Å². The number of fused-ring (bicyclic) bond motifs is 1. The van der Waals surface area contributed by atoms with Crippen molar-refractivity contribution in [3.63, 3.8) is 0 Å². The molecule has 164 valence electrons. The van der Waals surface area contributed by atoms with Gasteiger partial charge in [0.2, 0.25) is 0 Å². The molecule has 0 radical (unpaired) electrons. The Morgan fingerprint density at radius 3 is 2.50 bits per heavy atom. The van der Waals surface area contributed by atoms with Crippen molar-refractivity contribution >= 4 is 17.6 Å². The van der Waals surface area contributed by atoms with E-state index in [4.69, 9.17) is 4.99 Å². The predicted molar refractivity (Wildman–Crippen MR) is 123 cm³/mol. The standard InChI is InChI=1S/C25H25F2N5/c1-17-10-19(5-6-24(17)30-15-18(2)29-16-30)11-20-4-3-8-32-25(20)28-7-9-31(32)23-13-21(26)12-22(27)14-23/h5-6,10-16H,3-4,7-9H2,1-2H3/b20-11+.